The molecular formula is C15H20ClN5O. The lowest BCUT2D eigenvalue weighted by atomic mass is 10.1. The van der Waals surface area contributed by atoms with E-state index in [1.54, 1.807) is 23.1 Å². The molecule has 2 aromatic heterocycles. The van der Waals surface area contributed by atoms with Crippen LogP contribution in [0.5, 0.6) is 0 Å². The molecule has 1 saturated carbocycles. The standard InChI is InChI=1S/C15H20ClN5O/c1-10(8-21-9-11(16)7-17-21)13-6-14(22)20-15(19-13)18-12-4-2-3-5-12/h6-7,9-10,12H,2-5,8H2,1H3,(H2,18,19,20,22)/t10-/m1/s1. The molecular weight excluding hydrogens is 302 g/mol. The summed E-state index contributed by atoms with van der Waals surface area (Å²) in [7, 11) is 0. The molecule has 0 saturated heterocycles. The molecule has 0 spiro atoms. The van der Waals surface area contributed by atoms with Crippen LogP contribution in [-0.4, -0.2) is 25.8 Å². The third kappa shape index (κ3) is 3.68. The summed E-state index contributed by atoms with van der Waals surface area (Å²) in [6, 6.07) is 1.97. The Kier molecular flexibility index (Phi) is 4.47. The van der Waals surface area contributed by atoms with Crippen LogP contribution in [0.2, 0.25) is 5.02 Å². The fourth-order valence-corrected chi connectivity index (χ4v) is 3.03. The van der Waals surface area contributed by atoms with Gasteiger partial charge in [0.25, 0.3) is 5.56 Å². The zero-order chi connectivity index (χ0) is 15.5. The highest BCUT2D eigenvalue weighted by molar-refractivity contribution is 6.30. The number of nitrogens with zero attached hydrogens (tertiary/aromatic N) is 3. The molecule has 7 heteroatoms. The molecule has 1 atom stereocenters. The largest absolute Gasteiger partial charge is 0.353 e. The highest BCUT2D eigenvalue weighted by Crippen LogP contribution is 2.21. The monoisotopic (exact) mass is 321 g/mol. The van der Waals surface area contributed by atoms with Crippen molar-refractivity contribution in [2.75, 3.05) is 5.32 Å². The van der Waals surface area contributed by atoms with E-state index in [9.17, 15) is 4.79 Å². The van der Waals surface area contributed by atoms with Crippen molar-refractivity contribution >= 4 is 17.5 Å². The van der Waals surface area contributed by atoms with Crippen molar-refractivity contribution in [3.8, 4) is 0 Å². The molecule has 1 fully saturated rings. The summed E-state index contributed by atoms with van der Waals surface area (Å²) in [5, 5.41) is 8.11. The van der Waals surface area contributed by atoms with Crippen LogP contribution in [0.3, 0.4) is 0 Å². The molecule has 2 N–H and O–H groups in total. The summed E-state index contributed by atoms with van der Waals surface area (Å²) in [5.41, 5.74) is 0.631. The van der Waals surface area contributed by atoms with Gasteiger partial charge in [-0.2, -0.15) is 5.10 Å². The topological polar surface area (TPSA) is 75.6 Å². The summed E-state index contributed by atoms with van der Waals surface area (Å²) in [5.74, 6) is 0.641. The first-order valence-electron chi connectivity index (χ1n) is 7.66. The van der Waals surface area contributed by atoms with Gasteiger partial charge in [0.1, 0.15) is 0 Å². The first-order chi connectivity index (χ1) is 10.6. The van der Waals surface area contributed by atoms with E-state index < -0.39 is 0 Å². The Bertz CT molecular complexity index is 689. The Morgan fingerprint density at radius 2 is 2.27 bits per heavy atom. The van der Waals surface area contributed by atoms with E-state index in [1.165, 1.54) is 12.8 Å². The van der Waals surface area contributed by atoms with Gasteiger partial charge in [-0.3, -0.25) is 14.5 Å². The molecule has 0 radical (unpaired) electrons. The number of H-pyrrole nitrogens is 1. The lowest BCUT2D eigenvalue weighted by Crippen LogP contribution is -2.22. The van der Waals surface area contributed by atoms with Crippen molar-refractivity contribution in [3.63, 3.8) is 0 Å². The fraction of sp³-hybridized carbons (Fsp3) is 0.533. The summed E-state index contributed by atoms with van der Waals surface area (Å²) < 4.78 is 1.76. The second-order valence-electron chi connectivity index (χ2n) is 5.93. The van der Waals surface area contributed by atoms with Crippen molar-refractivity contribution < 1.29 is 0 Å². The minimum absolute atomic E-state index is 0.0717. The van der Waals surface area contributed by atoms with Crippen molar-refractivity contribution in [1.29, 1.82) is 0 Å². The van der Waals surface area contributed by atoms with Crippen molar-refractivity contribution in [3.05, 3.63) is 39.5 Å². The molecule has 6 nitrogen and oxygen atoms in total. The normalized spacial score (nSPS) is 16.8. The number of aromatic amines is 1. The van der Waals surface area contributed by atoms with E-state index >= 15 is 0 Å². The summed E-state index contributed by atoms with van der Waals surface area (Å²) in [6.07, 6.45) is 8.11. The van der Waals surface area contributed by atoms with Crippen molar-refractivity contribution in [2.24, 2.45) is 0 Å². The number of hydrogen-bond acceptors (Lipinski definition) is 4. The van der Waals surface area contributed by atoms with E-state index in [0.29, 0.717) is 23.6 Å². The van der Waals surface area contributed by atoms with Crippen molar-refractivity contribution in [1.82, 2.24) is 19.7 Å². The molecule has 1 aliphatic carbocycles. The Labute approximate surface area is 133 Å². The van der Waals surface area contributed by atoms with Gasteiger partial charge in [0.05, 0.1) is 16.9 Å². The third-order valence-corrected chi connectivity index (χ3v) is 4.22. The number of aromatic nitrogens is 4. The maximum atomic E-state index is 11.9. The number of hydrogen-bond donors (Lipinski definition) is 2. The van der Waals surface area contributed by atoms with Crippen LogP contribution >= 0.6 is 11.6 Å². The first-order valence-corrected chi connectivity index (χ1v) is 8.04. The predicted octanol–water partition coefficient (Wildman–Crippen LogP) is 2.78. The Hall–Kier alpha value is -1.82. The zero-order valence-corrected chi connectivity index (χ0v) is 13.3. The molecule has 3 rings (SSSR count). The molecule has 1 aliphatic rings. The lowest BCUT2D eigenvalue weighted by Gasteiger charge is -2.15. The van der Waals surface area contributed by atoms with Gasteiger partial charge >= 0.3 is 0 Å². The summed E-state index contributed by atoms with van der Waals surface area (Å²) >= 11 is 5.87. The van der Waals surface area contributed by atoms with E-state index in [1.807, 2.05) is 6.92 Å². The first kappa shape index (κ1) is 15.1. The summed E-state index contributed by atoms with van der Waals surface area (Å²) in [6.45, 7) is 2.66. The SMILES string of the molecule is C[C@H](Cn1cc(Cl)cn1)c1cc(=O)[nH]c(NC2CCCC2)n1. The van der Waals surface area contributed by atoms with E-state index in [4.69, 9.17) is 11.6 Å². The smallest absolute Gasteiger partial charge is 0.252 e. The maximum absolute atomic E-state index is 11.9. The Balaban J connectivity index is 1.74. The number of rotatable bonds is 5. The number of anilines is 1. The molecule has 22 heavy (non-hydrogen) atoms. The van der Waals surface area contributed by atoms with Gasteiger partial charge in [-0.25, -0.2) is 4.98 Å². The zero-order valence-electron chi connectivity index (χ0n) is 12.6. The van der Waals surface area contributed by atoms with Gasteiger partial charge in [0, 0.05) is 30.8 Å². The van der Waals surface area contributed by atoms with E-state index in [-0.39, 0.29) is 11.5 Å². The van der Waals surface area contributed by atoms with Gasteiger partial charge in [0.2, 0.25) is 5.95 Å². The average molecular weight is 322 g/mol. The van der Waals surface area contributed by atoms with Crippen LogP contribution in [0.1, 0.15) is 44.2 Å². The minimum Gasteiger partial charge on any atom is -0.353 e. The van der Waals surface area contributed by atoms with Crippen LogP contribution in [0.4, 0.5) is 5.95 Å². The fourth-order valence-electron chi connectivity index (χ4n) is 2.87. The lowest BCUT2D eigenvalue weighted by molar-refractivity contribution is 0.533. The minimum atomic E-state index is -0.129. The molecule has 118 valence electrons. The predicted molar refractivity (Wildman–Crippen MR) is 86.4 cm³/mol. The molecule has 0 unspecified atom stereocenters. The quantitative estimate of drug-likeness (QED) is 0.888. The molecule has 0 amide bonds. The molecule has 2 heterocycles. The van der Waals surface area contributed by atoms with Gasteiger partial charge in [0.15, 0.2) is 0 Å². The van der Waals surface area contributed by atoms with Crippen LogP contribution in [0, 0.1) is 0 Å². The van der Waals surface area contributed by atoms with Crippen molar-refractivity contribution in [2.45, 2.75) is 51.1 Å². The Morgan fingerprint density at radius 1 is 1.50 bits per heavy atom. The van der Waals surface area contributed by atoms with Gasteiger partial charge < -0.3 is 5.32 Å². The van der Waals surface area contributed by atoms with E-state index in [0.717, 1.165) is 18.5 Å². The number of halogens is 1. The maximum Gasteiger partial charge on any atom is 0.252 e. The Morgan fingerprint density at radius 3 is 2.95 bits per heavy atom. The molecule has 0 aromatic carbocycles. The third-order valence-electron chi connectivity index (χ3n) is 4.03. The highest BCUT2D eigenvalue weighted by Gasteiger charge is 2.17. The van der Waals surface area contributed by atoms with Crippen LogP contribution in [-0.2, 0) is 6.54 Å². The molecule has 0 aliphatic heterocycles. The van der Waals surface area contributed by atoms with Crippen LogP contribution < -0.4 is 10.9 Å². The summed E-state index contributed by atoms with van der Waals surface area (Å²) in [4.78, 5) is 19.2. The van der Waals surface area contributed by atoms with Crippen LogP contribution in [0.25, 0.3) is 0 Å². The highest BCUT2D eigenvalue weighted by atomic mass is 35.5. The molecule has 2 aromatic rings. The van der Waals surface area contributed by atoms with E-state index in [2.05, 4.69) is 20.4 Å². The molecule has 0 bridgehead atoms. The average Bonchev–Trinajstić information content (AvgIpc) is 3.10. The van der Waals surface area contributed by atoms with Gasteiger partial charge in [-0.05, 0) is 12.8 Å². The van der Waals surface area contributed by atoms with Gasteiger partial charge in [-0.1, -0.05) is 31.4 Å². The second kappa shape index (κ2) is 6.52. The number of nitrogens with one attached hydrogen (secondary N) is 2. The van der Waals surface area contributed by atoms with Crippen LogP contribution in [0.15, 0.2) is 23.3 Å². The second-order valence-corrected chi connectivity index (χ2v) is 6.36. The van der Waals surface area contributed by atoms with Gasteiger partial charge in [-0.15, -0.1) is 0 Å².